The van der Waals surface area contributed by atoms with Gasteiger partial charge in [-0.1, -0.05) is 24.3 Å². The first-order valence-electron chi connectivity index (χ1n) is 12.4. The maximum absolute atomic E-state index is 14.9. The third kappa shape index (κ3) is 6.82. The predicted octanol–water partition coefficient (Wildman–Crippen LogP) is 2.90. The van der Waals surface area contributed by atoms with Gasteiger partial charge in [0, 0.05) is 31.2 Å². The normalized spacial score (nSPS) is 16.7. The number of nitrogens with two attached hydrogens (primary N) is 1. The molecule has 1 unspecified atom stereocenters. The molecular formula is C27H30F3N5O3S. The number of halogens is 3. The van der Waals surface area contributed by atoms with Crippen molar-refractivity contribution >= 4 is 21.6 Å². The maximum atomic E-state index is 14.9. The SMILES string of the molecule is CS(=O)(=O)N1CCNCC1CCc1c(F)cncc1NC(=O)CC(N)(c1ccc(F)cc1)c1ccc(F)cc1. The van der Waals surface area contributed by atoms with Crippen molar-refractivity contribution in [2.45, 2.75) is 30.8 Å². The van der Waals surface area contributed by atoms with Crippen LogP contribution in [0.2, 0.25) is 0 Å². The molecule has 2 heterocycles. The molecule has 4 N–H and O–H groups in total. The molecule has 0 aliphatic carbocycles. The molecule has 1 atom stereocenters. The lowest BCUT2D eigenvalue weighted by Gasteiger charge is -2.34. The lowest BCUT2D eigenvalue weighted by atomic mass is 9.80. The Morgan fingerprint density at radius 3 is 2.23 bits per heavy atom. The van der Waals surface area contributed by atoms with Crippen LogP contribution in [0.1, 0.15) is 29.5 Å². The van der Waals surface area contributed by atoms with Gasteiger partial charge in [-0.25, -0.2) is 21.6 Å². The minimum absolute atomic E-state index is 0.134. The average molecular weight is 562 g/mol. The van der Waals surface area contributed by atoms with Gasteiger partial charge in [-0.2, -0.15) is 4.31 Å². The number of hydrogen-bond acceptors (Lipinski definition) is 6. The second-order valence-corrected chi connectivity index (χ2v) is 11.6. The smallest absolute Gasteiger partial charge is 0.226 e. The molecule has 1 fully saturated rings. The minimum atomic E-state index is -3.44. The van der Waals surface area contributed by atoms with Gasteiger partial charge in [0.15, 0.2) is 0 Å². The largest absolute Gasteiger partial charge is 0.324 e. The van der Waals surface area contributed by atoms with Gasteiger partial charge in [0.05, 0.1) is 36.3 Å². The Bertz CT molecular complexity index is 1370. The molecule has 0 radical (unpaired) electrons. The van der Waals surface area contributed by atoms with Crippen LogP contribution in [-0.2, 0) is 26.8 Å². The highest BCUT2D eigenvalue weighted by atomic mass is 32.2. The second kappa shape index (κ2) is 11.8. The molecule has 208 valence electrons. The zero-order chi connectivity index (χ0) is 28.2. The number of carbonyl (C=O) groups excluding carboxylic acids is 1. The van der Waals surface area contributed by atoms with Crippen LogP contribution < -0.4 is 16.4 Å². The van der Waals surface area contributed by atoms with Crippen LogP contribution in [0, 0.1) is 17.5 Å². The van der Waals surface area contributed by atoms with Crippen LogP contribution in [-0.4, -0.2) is 55.5 Å². The topological polar surface area (TPSA) is 117 Å². The number of benzene rings is 2. The Balaban J connectivity index is 1.56. The summed E-state index contributed by atoms with van der Waals surface area (Å²) in [5.41, 5.74) is 6.43. The molecule has 1 aliphatic heterocycles. The average Bonchev–Trinajstić information content (AvgIpc) is 2.88. The van der Waals surface area contributed by atoms with E-state index in [1.54, 1.807) is 0 Å². The van der Waals surface area contributed by atoms with Gasteiger partial charge in [0.2, 0.25) is 15.9 Å². The van der Waals surface area contributed by atoms with E-state index >= 15 is 0 Å². The highest BCUT2D eigenvalue weighted by Crippen LogP contribution is 2.32. The Hall–Kier alpha value is -3.32. The van der Waals surface area contributed by atoms with Gasteiger partial charge in [-0.05, 0) is 48.2 Å². The minimum Gasteiger partial charge on any atom is -0.324 e. The maximum Gasteiger partial charge on any atom is 0.226 e. The Morgan fingerprint density at radius 2 is 1.67 bits per heavy atom. The van der Waals surface area contributed by atoms with Crippen LogP contribution in [0.25, 0.3) is 0 Å². The van der Waals surface area contributed by atoms with E-state index in [1.807, 2.05) is 0 Å². The number of hydrogen-bond donors (Lipinski definition) is 3. The Kier molecular flexibility index (Phi) is 8.70. The molecule has 8 nitrogen and oxygen atoms in total. The fourth-order valence-corrected chi connectivity index (χ4v) is 6.02. The highest BCUT2D eigenvalue weighted by Gasteiger charge is 2.33. The van der Waals surface area contributed by atoms with E-state index in [-0.39, 0.29) is 30.1 Å². The van der Waals surface area contributed by atoms with Crippen molar-refractivity contribution in [2.75, 3.05) is 31.2 Å². The van der Waals surface area contributed by atoms with E-state index in [4.69, 9.17) is 5.73 Å². The number of aromatic nitrogens is 1. The lowest BCUT2D eigenvalue weighted by molar-refractivity contribution is -0.117. The summed E-state index contributed by atoms with van der Waals surface area (Å²) < 4.78 is 67.9. The van der Waals surface area contributed by atoms with Crippen LogP contribution in [0.4, 0.5) is 18.9 Å². The number of pyridine rings is 1. The van der Waals surface area contributed by atoms with Crippen molar-refractivity contribution in [1.82, 2.24) is 14.6 Å². The molecule has 1 aromatic heterocycles. The first-order valence-corrected chi connectivity index (χ1v) is 14.2. The van der Waals surface area contributed by atoms with Crippen molar-refractivity contribution in [3.8, 4) is 0 Å². The first kappa shape index (κ1) is 28.7. The molecule has 3 aromatic rings. The third-order valence-corrected chi connectivity index (χ3v) is 8.22. The lowest BCUT2D eigenvalue weighted by Crippen LogP contribution is -2.53. The molecule has 4 rings (SSSR count). The number of anilines is 1. The number of rotatable bonds is 9. The van der Waals surface area contributed by atoms with Crippen LogP contribution >= 0.6 is 0 Å². The number of amides is 1. The molecule has 0 spiro atoms. The van der Waals surface area contributed by atoms with Crippen molar-refractivity contribution in [3.05, 3.63) is 95.1 Å². The second-order valence-electron chi connectivity index (χ2n) is 9.63. The zero-order valence-corrected chi connectivity index (χ0v) is 22.1. The van der Waals surface area contributed by atoms with Crippen LogP contribution in [0.3, 0.4) is 0 Å². The number of piperazine rings is 1. The number of carbonyl (C=O) groups is 1. The summed E-state index contributed by atoms with van der Waals surface area (Å²) in [7, 11) is -3.44. The van der Waals surface area contributed by atoms with Crippen molar-refractivity contribution in [2.24, 2.45) is 5.73 Å². The van der Waals surface area contributed by atoms with E-state index < -0.39 is 38.9 Å². The van der Waals surface area contributed by atoms with Gasteiger partial charge in [0.25, 0.3) is 0 Å². The zero-order valence-electron chi connectivity index (χ0n) is 21.3. The molecule has 1 aliphatic rings. The van der Waals surface area contributed by atoms with E-state index in [9.17, 15) is 26.4 Å². The van der Waals surface area contributed by atoms with E-state index in [1.165, 1.54) is 59.0 Å². The Morgan fingerprint density at radius 1 is 1.08 bits per heavy atom. The number of nitrogens with one attached hydrogen (secondary N) is 2. The summed E-state index contributed by atoms with van der Waals surface area (Å²) in [6.07, 6.45) is 3.63. The van der Waals surface area contributed by atoms with E-state index in [0.29, 0.717) is 37.2 Å². The summed E-state index contributed by atoms with van der Waals surface area (Å²) in [6, 6.07) is 10.3. The fourth-order valence-electron chi connectivity index (χ4n) is 4.87. The first-order chi connectivity index (χ1) is 18.5. The van der Waals surface area contributed by atoms with E-state index in [0.717, 1.165) is 12.5 Å². The molecule has 12 heteroatoms. The highest BCUT2D eigenvalue weighted by molar-refractivity contribution is 7.88. The predicted molar refractivity (Wildman–Crippen MR) is 142 cm³/mol. The van der Waals surface area contributed by atoms with E-state index in [2.05, 4.69) is 15.6 Å². The standard InChI is InChI=1S/C27H30F3N5O3S/c1-39(37,38)35-13-12-32-15-22(35)10-11-23-24(30)16-33-17-25(23)34-26(36)14-27(31,18-2-6-20(28)7-3-18)19-4-8-21(29)9-5-19/h2-9,16-17,22,32H,10-15,31H2,1H3,(H,34,36). The summed E-state index contributed by atoms with van der Waals surface area (Å²) in [6.45, 7) is 1.27. The molecule has 39 heavy (non-hydrogen) atoms. The van der Waals surface area contributed by atoms with Gasteiger partial charge >= 0.3 is 0 Å². The molecule has 1 saturated heterocycles. The van der Waals surface area contributed by atoms with Gasteiger partial charge < -0.3 is 16.4 Å². The summed E-state index contributed by atoms with van der Waals surface area (Å²) >= 11 is 0. The number of nitrogens with zero attached hydrogens (tertiary/aromatic N) is 2. The molecule has 1 amide bonds. The summed E-state index contributed by atoms with van der Waals surface area (Å²) in [5, 5.41) is 5.84. The molecule has 0 saturated carbocycles. The van der Waals surface area contributed by atoms with Gasteiger partial charge in [-0.3, -0.25) is 9.78 Å². The summed E-state index contributed by atoms with van der Waals surface area (Å²) in [4.78, 5) is 17.1. The van der Waals surface area contributed by atoms with Crippen molar-refractivity contribution in [3.63, 3.8) is 0 Å². The Labute approximate surface area is 225 Å². The van der Waals surface area contributed by atoms with Crippen LogP contribution in [0.5, 0.6) is 0 Å². The molecular weight excluding hydrogens is 531 g/mol. The fraction of sp³-hybridized carbons (Fsp3) is 0.333. The molecule has 2 aromatic carbocycles. The quantitative estimate of drug-likeness (QED) is 0.370. The van der Waals surface area contributed by atoms with Crippen molar-refractivity contribution in [1.29, 1.82) is 0 Å². The summed E-state index contributed by atoms with van der Waals surface area (Å²) in [5.74, 6) is -2.18. The third-order valence-electron chi connectivity index (χ3n) is 6.89. The number of sulfonamides is 1. The van der Waals surface area contributed by atoms with Crippen LogP contribution in [0.15, 0.2) is 60.9 Å². The van der Waals surface area contributed by atoms with Gasteiger partial charge in [-0.15, -0.1) is 0 Å². The molecule has 0 bridgehead atoms. The van der Waals surface area contributed by atoms with Crippen molar-refractivity contribution < 1.29 is 26.4 Å². The monoisotopic (exact) mass is 561 g/mol. The van der Waals surface area contributed by atoms with Gasteiger partial charge in [0.1, 0.15) is 17.5 Å².